The lowest BCUT2D eigenvalue weighted by atomic mass is 10.2. The third kappa shape index (κ3) is 2.83. The SMILES string of the molecule is C/C=C/C(=O)N(CC)c1ccccc1Cl. The van der Waals surface area contributed by atoms with E-state index >= 15 is 0 Å². The van der Waals surface area contributed by atoms with E-state index in [1.54, 1.807) is 17.0 Å². The fourth-order valence-electron chi connectivity index (χ4n) is 1.35. The molecular formula is C12H14ClNO. The summed E-state index contributed by atoms with van der Waals surface area (Å²) in [6.45, 7) is 4.34. The molecule has 1 amide bonds. The Bertz CT molecular complexity index is 374. The molecule has 1 aromatic carbocycles. The van der Waals surface area contributed by atoms with Crippen molar-refractivity contribution < 1.29 is 4.79 Å². The van der Waals surface area contributed by atoms with Gasteiger partial charge in [0.05, 0.1) is 10.7 Å². The number of rotatable bonds is 3. The third-order valence-electron chi connectivity index (χ3n) is 2.03. The maximum absolute atomic E-state index is 11.7. The van der Waals surface area contributed by atoms with Crippen molar-refractivity contribution in [1.82, 2.24) is 0 Å². The number of benzene rings is 1. The van der Waals surface area contributed by atoms with Gasteiger partial charge < -0.3 is 4.90 Å². The summed E-state index contributed by atoms with van der Waals surface area (Å²) in [5.41, 5.74) is 0.754. The van der Waals surface area contributed by atoms with E-state index in [2.05, 4.69) is 0 Å². The number of allylic oxidation sites excluding steroid dienone is 1. The Hall–Kier alpha value is -1.28. The molecule has 0 aliphatic heterocycles. The lowest BCUT2D eigenvalue weighted by molar-refractivity contribution is -0.114. The summed E-state index contributed by atoms with van der Waals surface area (Å²) in [5.74, 6) is -0.0481. The second kappa shape index (κ2) is 5.56. The number of carbonyl (C=O) groups is 1. The summed E-state index contributed by atoms with van der Waals surface area (Å²) in [5, 5.41) is 0.595. The van der Waals surface area contributed by atoms with Crippen molar-refractivity contribution >= 4 is 23.2 Å². The highest BCUT2D eigenvalue weighted by atomic mass is 35.5. The third-order valence-corrected chi connectivity index (χ3v) is 2.35. The van der Waals surface area contributed by atoms with Gasteiger partial charge in [-0.3, -0.25) is 4.79 Å². The van der Waals surface area contributed by atoms with Crippen LogP contribution in [0, 0.1) is 0 Å². The molecule has 0 fully saturated rings. The lowest BCUT2D eigenvalue weighted by Crippen LogP contribution is -2.29. The zero-order valence-corrected chi connectivity index (χ0v) is 9.66. The summed E-state index contributed by atoms with van der Waals surface area (Å²) < 4.78 is 0. The molecule has 0 saturated carbocycles. The van der Waals surface area contributed by atoms with Crippen molar-refractivity contribution in [1.29, 1.82) is 0 Å². The van der Waals surface area contributed by atoms with Gasteiger partial charge in [0.1, 0.15) is 0 Å². The molecule has 0 radical (unpaired) electrons. The minimum atomic E-state index is -0.0481. The predicted octanol–water partition coefficient (Wildman–Crippen LogP) is 3.27. The van der Waals surface area contributed by atoms with Gasteiger partial charge in [0, 0.05) is 6.54 Å². The van der Waals surface area contributed by atoms with E-state index in [1.165, 1.54) is 6.08 Å². The average molecular weight is 224 g/mol. The second-order valence-electron chi connectivity index (χ2n) is 3.03. The molecular weight excluding hydrogens is 210 g/mol. The maximum atomic E-state index is 11.7. The van der Waals surface area contributed by atoms with Gasteiger partial charge in [0.15, 0.2) is 0 Å². The van der Waals surface area contributed by atoms with Crippen molar-refractivity contribution in [2.75, 3.05) is 11.4 Å². The first-order chi connectivity index (χ1) is 7.20. The molecule has 1 rings (SSSR count). The summed E-state index contributed by atoms with van der Waals surface area (Å²) >= 11 is 6.02. The smallest absolute Gasteiger partial charge is 0.250 e. The van der Waals surface area contributed by atoms with Crippen molar-refractivity contribution in [3.8, 4) is 0 Å². The standard InChI is InChI=1S/C12H14ClNO/c1-3-7-12(15)14(4-2)11-9-6-5-8-10(11)13/h3,5-9H,4H2,1-2H3/b7-3+. The molecule has 80 valence electrons. The van der Waals surface area contributed by atoms with Crippen LogP contribution in [0.15, 0.2) is 36.4 Å². The Balaban J connectivity index is 3.02. The fraction of sp³-hybridized carbons (Fsp3) is 0.250. The van der Waals surface area contributed by atoms with Crippen LogP contribution in [0.2, 0.25) is 5.02 Å². The van der Waals surface area contributed by atoms with Gasteiger partial charge in [-0.05, 0) is 32.1 Å². The number of anilines is 1. The minimum absolute atomic E-state index is 0.0481. The first kappa shape index (κ1) is 11.8. The number of halogens is 1. The molecule has 0 atom stereocenters. The Labute approximate surface area is 95.2 Å². The van der Waals surface area contributed by atoms with E-state index in [1.807, 2.05) is 32.0 Å². The molecule has 0 aromatic heterocycles. The fourth-order valence-corrected chi connectivity index (χ4v) is 1.59. The first-order valence-corrected chi connectivity index (χ1v) is 5.27. The molecule has 0 aliphatic rings. The lowest BCUT2D eigenvalue weighted by Gasteiger charge is -2.20. The molecule has 1 aromatic rings. The van der Waals surface area contributed by atoms with Gasteiger partial charge in [-0.2, -0.15) is 0 Å². The summed E-state index contributed by atoms with van der Waals surface area (Å²) in [6, 6.07) is 7.34. The highest BCUT2D eigenvalue weighted by Crippen LogP contribution is 2.25. The number of likely N-dealkylation sites (N-methyl/N-ethyl adjacent to an activating group) is 1. The maximum Gasteiger partial charge on any atom is 0.250 e. The molecule has 0 unspecified atom stereocenters. The molecule has 2 nitrogen and oxygen atoms in total. The molecule has 0 N–H and O–H groups in total. The zero-order chi connectivity index (χ0) is 11.3. The number of para-hydroxylation sites is 1. The van der Waals surface area contributed by atoms with Crippen LogP contribution in [0.3, 0.4) is 0 Å². The molecule has 0 bridgehead atoms. The quantitative estimate of drug-likeness (QED) is 0.721. The zero-order valence-electron chi connectivity index (χ0n) is 8.90. The van der Waals surface area contributed by atoms with Crippen LogP contribution in [-0.4, -0.2) is 12.5 Å². The van der Waals surface area contributed by atoms with Gasteiger partial charge in [0.25, 0.3) is 5.91 Å². The Morgan fingerprint density at radius 2 is 2.13 bits per heavy atom. The van der Waals surface area contributed by atoms with Crippen molar-refractivity contribution in [2.45, 2.75) is 13.8 Å². The second-order valence-corrected chi connectivity index (χ2v) is 3.44. The highest BCUT2D eigenvalue weighted by molar-refractivity contribution is 6.33. The molecule has 3 heteroatoms. The van der Waals surface area contributed by atoms with Crippen LogP contribution in [0.1, 0.15) is 13.8 Å². The van der Waals surface area contributed by atoms with Crippen LogP contribution in [0.5, 0.6) is 0 Å². The van der Waals surface area contributed by atoms with Crippen molar-refractivity contribution in [3.05, 3.63) is 41.4 Å². The van der Waals surface area contributed by atoms with E-state index in [0.717, 1.165) is 5.69 Å². The van der Waals surface area contributed by atoms with E-state index < -0.39 is 0 Å². The van der Waals surface area contributed by atoms with Crippen molar-refractivity contribution in [3.63, 3.8) is 0 Å². The van der Waals surface area contributed by atoms with Crippen LogP contribution in [0.4, 0.5) is 5.69 Å². The first-order valence-electron chi connectivity index (χ1n) is 4.89. The highest BCUT2D eigenvalue weighted by Gasteiger charge is 2.12. The van der Waals surface area contributed by atoms with Crippen LogP contribution < -0.4 is 4.90 Å². The van der Waals surface area contributed by atoms with Crippen LogP contribution >= 0.6 is 11.6 Å². The van der Waals surface area contributed by atoms with E-state index in [4.69, 9.17) is 11.6 Å². The summed E-state index contributed by atoms with van der Waals surface area (Å²) in [4.78, 5) is 13.3. The molecule has 0 spiro atoms. The molecule has 0 saturated heterocycles. The molecule has 15 heavy (non-hydrogen) atoms. The van der Waals surface area contributed by atoms with Crippen LogP contribution in [-0.2, 0) is 4.79 Å². The van der Waals surface area contributed by atoms with Gasteiger partial charge in [-0.25, -0.2) is 0 Å². The van der Waals surface area contributed by atoms with Crippen molar-refractivity contribution in [2.24, 2.45) is 0 Å². The Morgan fingerprint density at radius 3 is 2.67 bits per heavy atom. The number of hydrogen-bond acceptors (Lipinski definition) is 1. The number of hydrogen-bond donors (Lipinski definition) is 0. The van der Waals surface area contributed by atoms with Gasteiger partial charge in [-0.1, -0.05) is 29.8 Å². The van der Waals surface area contributed by atoms with Gasteiger partial charge in [0.2, 0.25) is 0 Å². The predicted molar refractivity (Wildman–Crippen MR) is 64.3 cm³/mol. The van der Waals surface area contributed by atoms with E-state index in [0.29, 0.717) is 11.6 Å². The number of amides is 1. The van der Waals surface area contributed by atoms with E-state index in [9.17, 15) is 4.79 Å². The normalized spacial score (nSPS) is 10.6. The Morgan fingerprint density at radius 1 is 1.47 bits per heavy atom. The topological polar surface area (TPSA) is 20.3 Å². The summed E-state index contributed by atoms with van der Waals surface area (Å²) in [6.07, 6.45) is 3.26. The van der Waals surface area contributed by atoms with Crippen LogP contribution in [0.25, 0.3) is 0 Å². The molecule has 0 aliphatic carbocycles. The van der Waals surface area contributed by atoms with Gasteiger partial charge >= 0.3 is 0 Å². The number of nitrogens with zero attached hydrogens (tertiary/aromatic N) is 1. The minimum Gasteiger partial charge on any atom is -0.308 e. The Kier molecular flexibility index (Phi) is 4.37. The number of carbonyl (C=O) groups excluding carboxylic acids is 1. The monoisotopic (exact) mass is 223 g/mol. The summed E-state index contributed by atoms with van der Waals surface area (Å²) in [7, 11) is 0. The average Bonchev–Trinajstić information content (AvgIpc) is 2.22. The van der Waals surface area contributed by atoms with Gasteiger partial charge in [-0.15, -0.1) is 0 Å². The van der Waals surface area contributed by atoms with E-state index in [-0.39, 0.29) is 5.91 Å². The largest absolute Gasteiger partial charge is 0.308 e. The molecule has 0 heterocycles.